The van der Waals surface area contributed by atoms with E-state index in [9.17, 15) is 4.79 Å². The average Bonchev–Trinajstić information content (AvgIpc) is 3.10. The Bertz CT molecular complexity index is 1220. The molecular formula is C23H21NO5. The van der Waals surface area contributed by atoms with Gasteiger partial charge in [-0.1, -0.05) is 12.1 Å². The largest absolute Gasteiger partial charge is 0.492 e. The van der Waals surface area contributed by atoms with Gasteiger partial charge in [-0.05, 0) is 42.7 Å². The number of hydrogen-bond acceptors (Lipinski definition) is 6. The highest BCUT2D eigenvalue weighted by molar-refractivity contribution is 5.96. The summed E-state index contributed by atoms with van der Waals surface area (Å²) in [5, 5.41) is 0.900. The number of aryl methyl sites for hydroxylation is 1. The number of hydrogen-bond donors (Lipinski definition) is 0. The lowest BCUT2D eigenvalue weighted by Gasteiger charge is -2.22. The molecule has 2 aliphatic rings. The van der Waals surface area contributed by atoms with Crippen LogP contribution in [0, 0.1) is 6.92 Å². The molecule has 29 heavy (non-hydrogen) atoms. The van der Waals surface area contributed by atoms with Crippen molar-refractivity contribution in [2.24, 2.45) is 0 Å². The highest BCUT2D eigenvalue weighted by Crippen LogP contribution is 2.47. The third-order valence-corrected chi connectivity index (χ3v) is 5.53. The van der Waals surface area contributed by atoms with Crippen LogP contribution in [0.5, 0.6) is 17.2 Å². The van der Waals surface area contributed by atoms with E-state index in [-0.39, 0.29) is 12.4 Å². The van der Waals surface area contributed by atoms with Gasteiger partial charge in [0.2, 0.25) is 12.5 Å². The molecule has 0 unspecified atom stereocenters. The van der Waals surface area contributed by atoms with Crippen molar-refractivity contribution in [3.63, 3.8) is 0 Å². The Morgan fingerprint density at radius 1 is 1.14 bits per heavy atom. The van der Waals surface area contributed by atoms with Crippen LogP contribution in [0.15, 0.2) is 39.5 Å². The zero-order valence-electron chi connectivity index (χ0n) is 16.6. The van der Waals surface area contributed by atoms with Gasteiger partial charge in [-0.25, -0.2) is 4.79 Å². The van der Waals surface area contributed by atoms with Gasteiger partial charge in [0, 0.05) is 41.9 Å². The second kappa shape index (κ2) is 6.58. The van der Waals surface area contributed by atoms with Crippen LogP contribution in [0.3, 0.4) is 0 Å². The zero-order valence-corrected chi connectivity index (χ0v) is 16.6. The first-order chi connectivity index (χ1) is 14.0. The fourth-order valence-corrected chi connectivity index (χ4v) is 4.07. The number of methoxy groups -OCH3 is 1. The van der Waals surface area contributed by atoms with Gasteiger partial charge < -0.3 is 23.5 Å². The summed E-state index contributed by atoms with van der Waals surface area (Å²) in [6.45, 7) is 2.96. The molecule has 3 heterocycles. The van der Waals surface area contributed by atoms with Gasteiger partial charge in [0.25, 0.3) is 0 Å². The lowest BCUT2D eigenvalue weighted by Crippen LogP contribution is -2.19. The van der Waals surface area contributed by atoms with Crippen molar-refractivity contribution >= 4 is 22.7 Å². The minimum Gasteiger partial charge on any atom is -0.492 e. The van der Waals surface area contributed by atoms with Gasteiger partial charge in [-0.2, -0.15) is 0 Å². The van der Waals surface area contributed by atoms with Crippen molar-refractivity contribution in [3.05, 3.63) is 63.0 Å². The van der Waals surface area contributed by atoms with Gasteiger partial charge in [0.1, 0.15) is 5.58 Å². The first kappa shape index (κ1) is 17.7. The van der Waals surface area contributed by atoms with E-state index >= 15 is 0 Å². The third-order valence-electron chi connectivity index (χ3n) is 5.53. The Labute approximate surface area is 167 Å². The van der Waals surface area contributed by atoms with E-state index in [1.807, 2.05) is 38.2 Å². The molecule has 0 bridgehead atoms. The SMILES string of the molecule is COc1c2c(cc3c1OCO3)CCN(C)C(c1cc(=O)oc3cc(C)ccc13)=C2. The van der Waals surface area contributed by atoms with E-state index in [2.05, 4.69) is 11.0 Å². The van der Waals surface area contributed by atoms with E-state index < -0.39 is 0 Å². The summed E-state index contributed by atoms with van der Waals surface area (Å²) >= 11 is 0. The molecule has 0 atom stereocenters. The lowest BCUT2D eigenvalue weighted by atomic mass is 10.00. The standard InChI is InChI=1S/C23H21NO5/c1-13-4-5-15-17(11-21(25)29-19(15)8-13)18-10-16-14(6-7-24(18)2)9-20-23(22(16)26-3)28-12-27-20/h4-5,8-11H,6-7,12H2,1-3H3. The molecule has 0 fully saturated rings. The molecule has 2 aliphatic heterocycles. The van der Waals surface area contributed by atoms with Crippen molar-refractivity contribution in [1.82, 2.24) is 4.90 Å². The number of nitrogens with zero attached hydrogens (tertiary/aromatic N) is 1. The molecular weight excluding hydrogens is 370 g/mol. The number of rotatable bonds is 2. The van der Waals surface area contributed by atoms with Crippen molar-refractivity contribution < 1.29 is 18.6 Å². The van der Waals surface area contributed by atoms with Crippen LogP contribution in [0.4, 0.5) is 0 Å². The summed E-state index contributed by atoms with van der Waals surface area (Å²) in [5.41, 5.74) is 5.11. The smallest absolute Gasteiger partial charge is 0.336 e. The Hall–Kier alpha value is -3.41. The Morgan fingerprint density at radius 2 is 2.00 bits per heavy atom. The molecule has 0 saturated carbocycles. The molecule has 5 rings (SSSR count). The van der Waals surface area contributed by atoms with Crippen LogP contribution in [0.1, 0.15) is 22.3 Å². The number of ether oxygens (including phenoxy) is 3. The molecule has 0 N–H and O–H groups in total. The summed E-state index contributed by atoms with van der Waals surface area (Å²) < 4.78 is 22.4. The van der Waals surface area contributed by atoms with E-state index in [1.165, 1.54) is 0 Å². The molecule has 0 spiro atoms. The number of fused-ring (bicyclic) bond motifs is 3. The van der Waals surface area contributed by atoms with Crippen LogP contribution in [0.2, 0.25) is 0 Å². The minimum atomic E-state index is -0.366. The maximum absolute atomic E-state index is 12.3. The second-order valence-electron chi connectivity index (χ2n) is 7.40. The van der Waals surface area contributed by atoms with Gasteiger partial charge >= 0.3 is 5.63 Å². The van der Waals surface area contributed by atoms with E-state index in [0.29, 0.717) is 22.8 Å². The predicted molar refractivity (Wildman–Crippen MR) is 111 cm³/mol. The monoisotopic (exact) mass is 391 g/mol. The molecule has 6 heteroatoms. The quantitative estimate of drug-likeness (QED) is 0.619. The topological polar surface area (TPSA) is 61.1 Å². The Kier molecular flexibility index (Phi) is 4.01. The van der Waals surface area contributed by atoms with Crippen molar-refractivity contribution in [2.75, 3.05) is 27.5 Å². The number of likely N-dealkylation sites (N-methyl/N-ethyl adjacent to an activating group) is 1. The fraction of sp³-hybridized carbons (Fsp3) is 0.261. The van der Waals surface area contributed by atoms with Gasteiger partial charge in [-0.3, -0.25) is 0 Å². The van der Waals surface area contributed by atoms with E-state index in [0.717, 1.165) is 46.3 Å². The summed E-state index contributed by atoms with van der Waals surface area (Å²) in [4.78, 5) is 14.5. The molecule has 0 amide bonds. The zero-order chi connectivity index (χ0) is 20.1. The highest BCUT2D eigenvalue weighted by Gasteiger charge is 2.27. The second-order valence-corrected chi connectivity index (χ2v) is 7.40. The van der Waals surface area contributed by atoms with Gasteiger partial charge in [0.05, 0.1) is 7.11 Å². The van der Waals surface area contributed by atoms with Crippen LogP contribution in [-0.4, -0.2) is 32.4 Å². The highest BCUT2D eigenvalue weighted by atomic mass is 16.7. The van der Waals surface area contributed by atoms with E-state index in [4.69, 9.17) is 18.6 Å². The van der Waals surface area contributed by atoms with Crippen LogP contribution < -0.4 is 19.8 Å². The van der Waals surface area contributed by atoms with E-state index in [1.54, 1.807) is 13.2 Å². The molecule has 0 radical (unpaired) electrons. The molecule has 3 aromatic rings. The van der Waals surface area contributed by atoms with Crippen LogP contribution in [0.25, 0.3) is 22.7 Å². The predicted octanol–water partition coefficient (Wildman–Crippen LogP) is 3.82. The summed E-state index contributed by atoms with van der Waals surface area (Å²) in [6.07, 6.45) is 2.88. The van der Waals surface area contributed by atoms with Crippen LogP contribution >= 0.6 is 0 Å². The first-order valence-corrected chi connectivity index (χ1v) is 9.52. The third kappa shape index (κ3) is 2.83. The molecule has 0 saturated heterocycles. The molecule has 2 aromatic carbocycles. The molecule has 6 nitrogen and oxygen atoms in total. The van der Waals surface area contributed by atoms with Crippen molar-refractivity contribution in [3.8, 4) is 17.2 Å². The summed E-state index contributed by atoms with van der Waals surface area (Å²) in [5.74, 6) is 1.99. The van der Waals surface area contributed by atoms with Gasteiger partial charge in [0.15, 0.2) is 11.5 Å². The maximum atomic E-state index is 12.3. The number of benzene rings is 2. The minimum absolute atomic E-state index is 0.189. The van der Waals surface area contributed by atoms with Gasteiger partial charge in [-0.15, -0.1) is 0 Å². The van der Waals surface area contributed by atoms with Crippen molar-refractivity contribution in [1.29, 1.82) is 0 Å². The molecule has 1 aromatic heterocycles. The fourth-order valence-electron chi connectivity index (χ4n) is 4.07. The normalized spacial score (nSPS) is 15.1. The lowest BCUT2D eigenvalue weighted by molar-refractivity contribution is 0.171. The summed E-state index contributed by atoms with van der Waals surface area (Å²) in [7, 11) is 3.66. The Morgan fingerprint density at radius 3 is 2.83 bits per heavy atom. The van der Waals surface area contributed by atoms with Crippen molar-refractivity contribution in [2.45, 2.75) is 13.3 Å². The van der Waals surface area contributed by atoms with Crippen LogP contribution in [-0.2, 0) is 6.42 Å². The molecule has 148 valence electrons. The first-order valence-electron chi connectivity index (χ1n) is 9.52. The molecule has 0 aliphatic carbocycles. The maximum Gasteiger partial charge on any atom is 0.336 e. The average molecular weight is 391 g/mol. The Balaban J connectivity index is 1.79. The summed E-state index contributed by atoms with van der Waals surface area (Å²) in [6, 6.07) is 9.50.